The van der Waals surface area contributed by atoms with Gasteiger partial charge in [-0.3, -0.25) is 9.59 Å². The van der Waals surface area contributed by atoms with Gasteiger partial charge in [0.15, 0.2) is 12.4 Å². The van der Waals surface area contributed by atoms with Crippen molar-refractivity contribution in [3.05, 3.63) is 70.3 Å². The van der Waals surface area contributed by atoms with Crippen molar-refractivity contribution in [2.24, 2.45) is 0 Å². The standard InChI is InChI=1S/C23H23NO4/c25-21(20-11-10-17-3-1-4-19(17)13-20)15-28-23(27)18-8-6-16(7-9-18)14-24-12-2-5-22(24)26/h6-11,13H,1-5,12,14-15H2. The molecule has 0 radical (unpaired) electrons. The molecular weight excluding hydrogens is 354 g/mol. The number of aryl methyl sites for hydroxylation is 2. The Morgan fingerprint density at radius 1 is 0.893 bits per heavy atom. The average molecular weight is 377 g/mol. The van der Waals surface area contributed by atoms with Crippen LogP contribution in [0.3, 0.4) is 0 Å². The molecule has 28 heavy (non-hydrogen) atoms. The third-order valence-corrected chi connectivity index (χ3v) is 5.49. The molecule has 0 unspecified atom stereocenters. The monoisotopic (exact) mass is 377 g/mol. The predicted octanol–water partition coefficient (Wildman–Crippen LogP) is 3.34. The van der Waals surface area contributed by atoms with Gasteiger partial charge in [0.1, 0.15) is 0 Å². The molecule has 0 bridgehead atoms. The van der Waals surface area contributed by atoms with Crippen LogP contribution >= 0.6 is 0 Å². The summed E-state index contributed by atoms with van der Waals surface area (Å²) in [5.41, 5.74) is 4.51. The van der Waals surface area contributed by atoms with E-state index in [1.165, 1.54) is 11.1 Å². The molecule has 2 aliphatic rings. The van der Waals surface area contributed by atoms with Crippen molar-refractivity contribution in [2.45, 2.75) is 38.6 Å². The topological polar surface area (TPSA) is 63.7 Å². The summed E-state index contributed by atoms with van der Waals surface area (Å²) < 4.78 is 5.20. The van der Waals surface area contributed by atoms with Gasteiger partial charge in [0.2, 0.25) is 5.91 Å². The lowest BCUT2D eigenvalue weighted by Crippen LogP contribution is -2.23. The lowest BCUT2D eigenvalue weighted by Gasteiger charge is -2.15. The van der Waals surface area contributed by atoms with Crippen LogP contribution in [0.5, 0.6) is 0 Å². The van der Waals surface area contributed by atoms with E-state index in [2.05, 4.69) is 0 Å². The van der Waals surface area contributed by atoms with Crippen molar-refractivity contribution >= 4 is 17.7 Å². The number of likely N-dealkylation sites (tertiary alicyclic amines) is 1. The summed E-state index contributed by atoms with van der Waals surface area (Å²) in [6, 6.07) is 12.7. The van der Waals surface area contributed by atoms with E-state index < -0.39 is 5.97 Å². The zero-order valence-corrected chi connectivity index (χ0v) is 15.8. The van der Waals surface area contributed by atoms with Gasteiger partial charge in [0.25, 0.3) is 0 Å². The Balaban J connectivity index is 1.32. The number of fused-ring (bicyclic) bond motifs is 1. The highest BCUT2D eigenvalue weighted by atomic mass is 16.5. The molecule has 2 aromatic rings. The van der Waals surface area contributed by atoms with Gasteiger partial charge >= 0.3 is 5.97 Å². The summed E-state index contributed by atoms with van der Waals surface area (Å²) in [6.45, 7) is 1.08. The van der Waals surface area contributed by atoms with Crippen LogP contribution in [0.1, 0.15) is 56.7 Å². The molecule has 1 aliphatic carbocycles. The number of hydrogen-bond acceptors (Lipinski definition) is 4. The first-order chi connectivity index (χ1) is 13.6. The molecule has 0 N–H and O–H groups in total. The van der Waals surface area contributed by atoms with Crippen LogP contribution in [0.4, 0.5) is 0 Å². The molecule has 4 rings (SSSR count). The normalized spacial score (nSPS) is 15.6. The number of Topliss-reactive ketones (excluding diaryl/α,β-unsaturated/α-hetero) is 1. The van der Waals surface area contributed by atoms with Crippen LogP contribution in [-0.2, 0) is 28.9 Å². The van der Waals surface area contributed by atoms with Crippen LogP contribution in [0.25, 0.3) is 0 Å². The number of carbonyl (C=O) groups excluding carboxylic acids is 3. The van der Waals surface area contributed by atoms with Crippen molar-refractivity contribution in [3.63, 3.8) is 0 Å². The lowest BCUT2D eigenvalue weighted by atomic mass is 10.0. The van der Waals surface area contributed by atoms with Gasteiger partial charge in [-0.05, 0) is 60.6 Å². The van der Waals surface area contributed by atoms with E-state index in [4.69, 9.17) is 4.74 Å². The zero-order chi connectivity index (χ0) is 19.5. The van der Waals surface area contributed by atoms with Gasteiger partial charge in [-0.25, -0.2) is 4.79 Å². The maximum atomic E-state index is 12.3. The van der Waals surface area contributed by atoms with E-state index in [9.17, 15) is 14.4 Å². The van der Waals surface area contributed by atoms with Crippen LogP contribution < -0.4 is 0 Å². The predicted molar refractivity (Wildman–Crippen MR) is 104 cm³/mol. The molecular formula is C23H23NO4. The van der Waals surface area contributed by atoms with Crippen LogP contribution in [-0.4, -0.2) is 35.7 Å². The van der Waals surface area contributed by atoms with Crippen molar-refractivity contribution < 1.29 is 19.1 Å². The Morgan fingerprint density at radius 2 is 1.64 bits per heavy atom. The summed E-state index contributed by atoms with van der Waals surface area (Å²) >= 11 is 0. The highest BCUT2D eigenvalue weighted by molar-refractivity contribution is 5.99. The van der Waals surface area contributed by atoms with Gasteiger partial charge in [0.05, 0.1) is 5.56 Å². The molecule has 1 fully saturated rings. The minimum atomic E-state index is -0.515. The van der Waals surface area contributed by atoms with Crippen LogP contribution in [0, 0.1) is 0 Å². The molecule has 5 nitrogen and oxygen atoms in total. The van der Waals surface area contributed by atoms with Gasteiger partial charge < -0.3 is 9.64 Å². The fourth-order valence-corrected chi connectivity index (χ4v) is 3.88. The minimum absolute atomic E-state index is 0.175. The number of amides is 1. The Bertz CT molecular complexity index is 917. The first-order valence-corrected chi connectivity index (χ1v) is 9.79. The number of hydrogen-bond donors (Lipinski definition) is 0. The van der Waals surface area contributed by atoms with Crippen molar-refractivity contribution in [2.75, 3.05) is 13.2 Å². The smallest absolute Gasteiger partial charge is 0.338 e. The quantitative estimate of drug-likeness (QED) is 0.572. The second-order valence-corrected chi connectivity index (χ2v) is 7.45. The van der Waals surface area contributed by atoms with Gasteiger partial charge in [-0.1, -0.05) is 24.3 Å². The summed E-state index contributed by atoms with van der Waals surface area (Å²) in [5.74, 6) is -0.529. The zero-order valence-electron chi connectivity index (χ0n) is 15.8. The molecule has 0 spiro atoms. The van der Waals surface area contributed by atoms with Crippen molar-refractivity contribution in [1.82, 2.24) is 4.90 Å². The molecule has 1 heterocycles. The molecule has 1 aliphatic heterocycles. The van der Waals surface area contributed by atoms with E-state index >= 15 is 0 Å². The van der Waals surface area contributed by atoms with E-state index in [1.807, 2.05) is 35.2 Å². The maximum absolute atomic E-state index is 12.3. The first-order valence-electron chi connectivity index (χ1n) is 9.79. The summed E-state index contributed by atoms with van der Waals surface area (Å²) in [7, 11) is 0. The molecule has 2 aromatic carbocycles. The molecule has 5 heteroatoms. The fourth-order valence-electron chi connectivity index (χ4n) is 3.88. The highest BCUT2D eigenvalue weighted by Gasteiger charge is 2.20. The minimum Gasteiger partial charge on any atom is -0.454 e. The third-order valence-electron chi connectivity index (χ3n) is 5.49. The molecule has 0 saturated carbocycles. The Labute approximate surface area is 164 Å². The molecule has 0 aromatic heterocycles. The fraction of sp³-hybridized carbons (Fsp3) is 0.348. The number of benzene rings is 2. The lowest BCUT2D eigenvalue weighted by molar-refractivity contribution is -0.128. The Hall–Kier alpha value is -2.95. The number of nitrogens with zero attached hydrogens (tertiary/aromatic N) is 1. The summed E-state index contributed by atoms with van der Waals surface area (Å²) in [5, 5.41) is 0. The van der Waals surface area contributed by atoms with E-state index in [1.54, 1.807) is 12.1 Å². The number of ether oxygens (including phenoxy) is 1. The molecule has 0 atom stereocenters. The van der Waals surface area contributed by atoms with Crippen molar-refractivity contribution in [3.8, 4) is 0 Å². The van der Waals surface area contributed by atoms with Gasteiger partial charge in [-0.2, -0.15) is 0 Å². The molecule has 1 saturated heterocycles. The Kier molecular flexibility index (Phi) is 5.24. The second kappa shape index (κ2) is 7.97. The highest BCUT2D eigenvalue weighted by Crippen LogP contribution is 2.23. The number of carbonyl (C=O) groups is 3. The van der Waals surface area contributed by atoms with Crippen molar-refractivity contribution in [1.29, 1.82) is 0 Å². The van der Waals surface area contributed by atoms with Gasteiger partial charge in [-0.15, -0.1) is 0 Å². The number of esters is 1. The second-order valence-electron chi connectivity index (χ2n) is 7.45. The SMILES string of the molecule is O=C(COC(=O)c1ccc(CN2CCCC2=O)cc1)c1ccc2c(c1)CCC2. The average Bonchev–Trinajstić information content (AvgIpc) is 3.34. The number of ketones is 1. The van der Waals surface area contributed by atoms with Gasteiger partial charge in [0, 0.05) is 25.1 Å². The summed E-state index contributed by atoms with van der Waals surface area (Å²) in [4.78, 5) is 38.1. The third kappa shape index (κ3) is 3.98. The summed E-state index contributed by atoms with van der Waals surface area (Å²) in [6.07, 6.45) is 4.72. The molecule has 144 valence electrons. The first kappa shape index (κ1) is 18.4. The van der Waals surface area contributed by atoms with E-state index in [-0.39, 0.29) is 18.3 Å². The maximum Gasteiger partial charge on any atom is 0.338 e. The molecule has 1 amide bonds. The largest absolute Gasteiger partial charge is 0.454 e. The van der Waals surface area contributed by atoms with E-state index in [0.29, 0.717) is 24.1 Å². The van der Waals surface area contributed by atoms with Crippen LogP contribution in [0.15, 0.2) is 42.5 Å². The number of rotatable bonds is 6. The van der Waals surface area contributed by atoms with Crippen LogP contribution in [0.2, 0.25) is 0 Å². The van der Waals surface area contributed by atoms with E-state index in [0.717, 1.165) is 37.8 Å². The Morgan fingerprint density at radius 3 is 2.39 bits per heavy atom.